The van der Waals surface area contributed by atoms with E-state index in [0.717, 1.165) is 28.7 Å². The second kappa shape index (κ2) is 12.3. The molecule has 5 rings (SSSR count). The summed E-state index contributed by atoms with van der Waals surface area (Å²) >= 11 is 1.60. The zero-order valence-corrected chi connectivity index (χ0v) is 23.0. The van der Waals surface area contributed by atoms with Gasteiger partial charge >= 0.3 is 0 Å². The lowest BCUT2D eigenvalue weighted by atomic mass is 10.2. The Kier molecular flexibility index (Phi) is 8.58. The van der Waals surface area contributed by atoms with Gasteiger partial charge in [0.05, 0.1) is 37.9 Å². The van der Waals surface area contributed by atoms with Crippen molar-refractivity contribution in [1.29, 1.82) is 0 Å². The summed E-state index contributed by atoms with van der Waals surface area (Å²) in [6, 6.07) is 11.6. The molecule has 1 aliphatic rings. The number of fused-ring (bicyclic) bond motifs is 1. The molecule has 10 nitrogen and oxygen atoms in total. The zero-order chi connectivity index (χ0) is 27.2. The van der Waals surface area contributed by atoms with Gasteiger partial charge in [0.15, 0.2) is 10.7 Å². The summed E-state index contributed by atoms with van der Waals surface area (Å²) in [5.41, 5.74) is 2.16. The summed E-state index contributed by atoms with van der Waals surface area (Å²) in [4.78, 5) is 12.3. The number of hydrogen-bond acceptors (Lipinski definition) is 11. The molecule has 0 saturated carbocycles. The van der Waals surface area contributed by atoms with Gasteiger partial charge in [0.25, 0.3) is 10.1 Å². The topological polar surface area (TPSA) is 124 Å². The van der Waals surface area contributed by atoms with Crippen LogP contribution in [0.1, 0.15) is 16.3 Å². The SMILES string of the molecule is Cc1ccc(S(=O)(=O)OCC(CO)COc2ccc3nc(/C=C/c4cnc(N5CCOCC5)s4)oc3c2)cc1. The minimum atomic E-state index is -3.93. The van der Waals surface area contributed by atoms with E-state index in [2.05, 4.69) is 14.9 Å². The van der Waals surface area contributed by atoms with E-state index in [1.807, 2.05) is 19.2 Å². The van der Waals surface area contributed by atoms with Crippen LogP contribution in [-0.4, -0.2) is 69.6 Å². The van der Waals surface area contributed by atoms with Gasteiger partial charge in [-0.3, -0.25) is 4.18 Å². The fourth-order valence-electron chi connectivity index (χ4n) is 3.82. The van der Waals surface area contributed by atoms with Gasteiger partial charge in [-0.1, -0.05) is 29.0 Å². The Labute approximate surface area is 230 Å². The van der Waals surface area contributed by atoms with Gasteiger partial charge in [0.1, 0.15) is 11.3 Å². The molecular weight excluding hydrogens is 542 g/mol. The number of hydrogen-bond donors (Lipinski definition) is 1. The van der Waals surface area contributed by atoms with Gasteiger partial charge in [0.2, 0.25) is 5.89 Å². The van der Waals surface area contributed by atoms with E-state index >= 15 is 0 Å². The third kappa shape index (κ3) is 7.02. The maximum atomic E-state index is 12.4. The number of rotatable bonds is 11. The molecule has 0 radical (unpaired) electrons. The molecule has 206 valence electrons. The van der Waals surface area contributed by atoms with Crippen LogP contribution < -0.4 is 9.64 Å². The van der Waals surface area contributed by atoms with Crippen LogP contribution in [0.15, 0.2) is 58.0 Å². The number of aryl methyl sites for hydroxylation is 1. The predicted octanol–water partition coefficient (Wildman–Crippen LogP) is 3.99. The Balaban J connectivity index is 1.17. The number of aliphatic hydroxyl groups is 1. The third-order valence-electron chi connectivity index (χ3n) is 6.07. The van der Waals surface area contributed by atoms with E-state index in [-0.39, 0.29) is 24.7 Å². The molecule has 1 atom stereocenters. The van der Waals surface area contributed by atoms with Crippen molar-refractivity contribution in [3.63, 3.8) is 0 Å². The van der Waals surface area contributed by atoms with Crippen molar-refractivity contribution in [1.82, 2.24) is 9.97 Å². The minimum Gasteiger partial charge on any atom is -0.493 e. The standard InChI is InChI=1S/C27H29N3O7S2/c1-19-2-6-23(7-3-19)39(32,33)36-18-20(16-31)17-35-21-4-8-24-25(14-21)37-26(29-24)9-5-22-15-28-27(38-22)30-10-12-34-13-11-30/h2-9,14-15,20,31H,10-13,16-18H2,1H3/b9-5+. The highest BCUT2D eigenvalue weighted by atomic mass is 32.2. The van der Waals surface area contributed by atoms with Gasteiger partial charge in [-0.25, -0.2) is 9.97 Å². The molecule has 0 spiro atoms. The van der Waals surface area contributed by atoms with Gasteiger partial charge < -0.3 is 23.9 Å². The van der Waals surface area contributed by atoms with E-state index in [0.29, 0.717) is 36.0 Å². The molecule has 1 aliphatic heterocycles. The minimum absolute atomic E-state index is 0.0587. The average Bonchev–Trinajstić information content (AvgIpc) is 3.59. The number of aromatic nitrogens is 2. The van der Waals surface area contributed by atoms with E-state index in [1.165, 1.54) is 12.1 Å². The summed E-state index contributed by atoms with van der Waals surface area (Å²) in [5.74, 6) is 0.411. The first-order valence-electron chi connectivity index (χ1n) is 12.5. The molecule has 39 heavy (non-hydrogen) atoms. The van der Waals surface area contributed by atoms with Crippen LogP contribution in [0, 0.1) is 12.8 Å². The molecular formula is C27H29N3O7S2. The highest BCUT2D eigenvalue weighted by Gasteiger charge is 2.19. The molecule has 1 unspecified atom stereocenters. The molecule has 1 fully saturated rings. The molecule has 1 N–H and O–H groups in total. The van der Waals surface area contributed by atoms with Crippen LogP contribution >= 0.6 is 11.3 Å². The summed E-state index contributed by atoms with van der Waals surface area (Å²) in [6.07, 6.45) is 5.54. The summed E-state index contributed by atoms with van der Waals surface area (Å²) in [7, 11) is -3.93. The number of anilines is 1. The molecule has 4 aromatic rings. The number of ether oxygens (including phenoxy) is 2. The maximum absolute atomic E-state index is 12.4. The number of thiazole rings is 1. The Bertz CT molecular complexity index is 1520. The van der Waals surface area contributed by atoms with E-state index in [1.54, 1.807) is 47.7 Å². The lowest BCUT2D eigenvalue weighted by molar-refractivity contribution is 0.118. The van der Waals surface area contributed by atoms with Crippen molar-refractivity contribution in [3.8, 4) is 5.75 Å². The fraction of sp³-hybridized carbons (Fsp3) is 0.333. The van der Waals surface area contributed by atoms with E-state index in [4.69, 9.17) is 18.1 Å². The zero-order valence-electron chi connectivity index (χ0n) is 21.4. The summed E-state index contributed by atoms with van der Waals surface area (Å²) < 4.78 is 47.1. The molecule has 0 amide bonds. The summed E-state index contributed by atoms with van der Waals surface area (Å²) in [6.45, 7) is 4.52. The Hall–Kier alpha value is -3.29. The molecule has 12 heteroatoms. The number of oxazole rings is 1. The quantitative estimate of drug-likeness (QED) is 0.264. The lowest BCUT2D eigenvalue weighted by Crippen LogP contribution is -2.36. The van der Waals surface area contributed by atoms with Gasteiger partial charge in [-0.05, 0) is 37.3 Å². The fourth-order valence-corrected chi connectivity index (χ4v) is 5.66. The van der Waals surface area contributed by atoms with Crippen molar-refractivity contribution < 1.29 is 31.6 Å². The van der Waals surface area contributed by atoms with Crippen molar-refractivity contribution in [2.75, 3.05) is 51.0 Å². The highest BCUT2D eigenvalue weighted by molar-refractivity contribution is 7.86. The van der Waals surface area contributed by atoms with Crippen LogP contribution in [0.4, 0.5) is 5.13 Å². The largest absolute Gasteiger partial charge is 0.493 e. The van der Waals surface area contributed by atoms with Crippen molar-refractivity contribution in [2.45, 2.75) is 11.8 Å². The monoisotopic (exact) mass is 571 g/mol. The number of morpholine rings is 1. The maximum Gasteiger partial charge on any atom is 0.296 e. The molecule has 0 bridgehead atoms. The number of nitrogens with zero attached hydrogens (tertiary/aromatic N) is 3. The van der Waals surface area contributed by atoms with Crippen molar-refractivity contribution in [3.05, 3.63) is 65.0 Å². The number of benzene rings is 2. The van der Waals surface area contributed by atoms with Crippen LogP contribution in [-0.2, 0) is 19.0 Å². The first kappa shape index (κ1) is 27.3. The Morgan fingerprint density at radius 2 is 1.92 bits per heavy atom. The van der Waals surface area contributed by atoms with Crippen LogP contribution in [0.2, 0.25) is 0 Å². The van der Waals surface area contributed by atoms with E-state index < -0.39 is 16.0 Å². The predicted molar refractivity (Wildman–Crippen MR) is 148 cm³/mol. The highest BCUT2D eigenvalue weighted by Crippen LogP contribution is 2.26. The normalized spacial score (nSPS) is 15.3. The van der Waals surface area contributed by atoms with Gasteiger partial charge in [-0.2, -0.15) is 8.42 Å². The molecule has 3 heterocycles. The molecule has 1 saturated heterocycles. The molecule has 0 aliphatic carbocycles. The van der Waals surface area contributed by atoms with Crippen molar-refractivity contribution >= 4 is 49.8 Å². The first-order valence-corrected chi connectivity index (χ1v) is 14.7. The van der Waals surface area contributed by atoms with Gasteiger partial charge in [0, 0.05) is 42.2 Å². The second-order valence-corrected chi connectivity index (χ2v) is 11.7. The van der Waals surface area contributed by atoms with E-state index in [9.17, 15) is 13.5 Å². The molecule has 2 aromatic heterocycles. The van der Waals surface area contributed by atoms with Crippen LogP contribution in [0.5, 0.6) is 5.75 Å². The smallest absolute Gasteiger partial charge is 0.296 e. The number of aliphatic hydroxyl groups excluding tert-OH is 1. The Morgan fingerprint density at radius 3 is 2.69 bits per heavy atom. The molecule has 2 aromatic carbocycles. The van der Waals surface area contributed by atoms with Gasteiger partial charge in [-0.15, -0.1) is 0 Å². The average molecular weight is 572 g/mol. The van der Waals surface area contributed by atoms with Crippen LogP contribution in [0.3, 0.4) is 0 Å². The second-order valence-electron chi connectivity index (χ2n) is 9.07. The Morgan fingerprint density at radius 1 is 1.13 bits per heavy atom. The third-order valence-corrected chi connectivity index (χ3v) is 8.39. The lowest BCUT2D eigenvalue weighted by Gasteiger charge is -2.25. The van der Waals surface area contributed by atoms with Crippen molar-refractivity contribution in [2.24, 2.45) is 5.92 Å². The first-order chi connectivity index (χ1) is 18.9. The van der Waals surface area contributed by atoms with Crippen LogP contribution in [0.25, 0.3) is 23.3 Å². The summed E-state index contributed by atoms with van der Waals surface area (Å²) in [5, 5.41) is 10.7.